The molecule has 0 aliphatic carbocycles. The van der Waals surface area contributed by atoms with E-state index in [-0.39, 0.29) is 22.6 Å². The molecule has 2 N–H and O–H groups in total. The lowest BCUT2D eigenvalue weighted by Gasteiger charge is -2.31. The number of likely N-dealkylation sites (tertiary alicyclic amines) is 1. The van der Waals surface area contributed by atoms with Crippen molar-refractivity contribution in [3.63, 3.8) is 0 Å². The van der Waals surface area contributed by atoms with Crippen molar-refractivity contribution in [3.8, 4) is 0 Å². The van der Waals surface area contributed by atoms with Gasteiger partial charge in [0.25, 0.3) is 5.91 Å². The number of anilines is 2. The van der Waals surface area contributed by atoms with Gasteiger partial charge in [-0.3, -0.25) is 4.79 Å². The van der Waals surface area contributed by atoms with Crippen LogP contribution in [0.25, 0.3) is 0 Å². The maximum Gasteiger partial charge on any atom is 0.321 e. The molecule has 1 fully saturated rings. The lowest BCUT2D eigenvalue weighted by Crippen LogP contribution is -2.41. The van der Waals surface area contributed by atoms with Crippen molar-refractivity contribution in [3.05, 3.63) is 70.2 Å². The summed E-state index contributed by atoms with van der Waals surface area (Å²) < 4.78 is 26.8. The first-order valence-corrected chi connectivity index (χ1v) is 10.5. The fraction of sp³-hybridized carbons (Fsp3) is 0.238. The van der Waals surface area contributed by atoms with Crippen LogP contribution in [0.4, 0.5) is 25.0 Å². The Balaban J connectivity index is 1.39. The van der Waals surface area contributed by atoms with Crippen LogP contribution in [-0.2, 0) is 0 Å². The fourth-order valence-electron chi connectivity index (χ4n) is 3.33. The zero-order valence-electron chi connectivity index (χ0n) is 16.3. The molecule has 3 amide bonds. The summed E-state index contributed by atoms with van der Waals surface area (Å²) in [5.41, 5.74) is 0.585. The van der Waals surface area contributed by atoms with Gasteiger partial charge >= 0.3 is 6.03 Å². The molecule has 0 radical (unpaired) electrons. The van der Waals surface area contributed by atoms with Gasteiger partial charge in [0.15, 0.2) is 0 Å². The zero-order chi connectivity index (χ0) is 21.8. The van der Waals surface area contributed by atoms with E-state index in [0.29, 0.717) is 23.8 Å². The second-order valence-electron chi connectivity index (χ2n) is 7.10. The Hall–Kier alpha value is -3.40. The summed E-state index contributed by atoms with van der Waals surface area (Å²) in [4.78, 5) is 26.6. The Labute approximate surface area is 181 Å². The van der Waals surface area contributed by atoms with E-state index in [4.69, 9.17) is 0 Å². The van der Waals surface area contributed by atoms with E-state index in [0.717, 1.165) is 24.2 Å². The first-order chi connectivity index (χ1) is 15.0. The molecular weight excluding hydrogens is 424 g/mol. The SMILES string of the molecule is O=C(Nc1ccc(F)cc1)c1nnc([C@@H]2CCCN(C(=O)Nc3ccccc3F)C2)s1. The monoisotopic (exact) mass is 443 g/mol. The Morgan fingerprint density at radius 1 is 1.03 bits per heavy atom. The van der Waals surface area contributed by atoms with Crippen LogP contribution in [0, 0.1) is 11.6 Å². The molecule has 0 spiro atoms. The van der Waals surface area contributed by atoms with Crippen LogP contribution in [0.5, 0.6) is 0 Å². The number of nitrogens with zero attached hydrogens (tertiary/aromatic N) is 3. The molecule has 1 saturated heterocycles. The molecule has 1 aromatic heterocycles. The van der Waals surface area contributed by atoms with Gasteiger partial charge in [0.1, 0.15) is 16.6 Å². The summed E-state index contributed by atoms with van der Waals surface area (Å²) in [6.45, 7) is 0.946. The highest BCUT2D eigenvalue weighted by Gasteiger charge is 2.28. The number of rotatable bonds is 4. The molecule has 160 valence electrons. The van der Waals surface area contributed by atoms with E-state index in [1.165, 1.54) is 36.4 Å². The summed E-state index contributed by atoms with van der Waals surface area (Å²) in [5, 5.41) is 14.2. The molecule has 7 nitrogen and oxygen atoms in total. The first-order valence-electron chi connectivity index (χ1n) is 9.70. The quantitative estimate of drug-likeness (QED) is 0.622. The second-order valence-corrected chi connectivity index (χ2v) is 8.11. The summed E-state index contributed by atoms with van der Waals surface area (Å²) in [5.74, 6) is -1.38. The maximum absolute atomic E-state index is 13.8. The van der Waals surface area contributed by atoms with Gasteiger partial charge in [-0.15, -0.1) is 10.2 Å². The minimum atomic E-state index is -0.495. The molecule has 1 aliphatic heterocycles. The van der Waals surface area contributed by atoms with Crippen molar-refractivity contribution in [1.29, 1.82) is 0 Å². The first kappa shape index (κ1) is 20.9. The van der Waals surface area contributed by atoms with E-state index in [1.807, 2.05) is 0 Å². The third-order valence-corrected chi connectivity index (χ3v) is 5.99. The van der Waals surface area contributed by atoms with Crippen LogP contribution in [0.15, 0.2) is 48.5 Å². The molecule has 3 aromatic rings. The van der Waals surface area contributed by atoms with Gasteiger partial charge in [-0.1, -0.05) is 23.5 Å². The molecule has 2 heterocycles. The van der Waals surface area contributed by atoms with Gasteiger partial charge in [-0.25, -0.2) is 13.6 Å². The molecule has 0 bridgehead atoms. The summed E-state index contributed by atoms with van der Waals surface area (Å²) in [6, 6.07) is 11.0. The number of halogens is 2. The van der Waals surface area contributed by atoms with Crippen molar-refractivity contribution in [1.82, 2.24) is 15.1 Å². The van der Waals surface area contributed by atoms with Gasteiger partial charge < -0.3 is 15.5 Å². The van der Waals surface area contributed by atoms with Crippen LogP contribution < -0.4 is 10.6 Å². The lowest BCUT2D eigenvalue weighted by molar-refractivity contribution is 0.102. The molecule has 10 heteroatoms. The number of hydrogen-bond donors (Lipinski definition) is 2. The average Bonchev–Trinajstić information content (AvgIpc) is 3.28. The molecular formula is C21H19F2N5O2S. The summed E-state index contributed by atoms with van der Waals surface area (Å²) in [7, 11) is 0. The van der Waals surface area contributed by atoms with E-state index in [1.54, 1.807) is 17.0 Å². The maximum atomic E-state index is 13.8. The van der Waals surface area contributed by atoms with Crippen molar-refractivity contribution < 1.29 is 18.4 Å². The Bertz CT molecular complexity index is 1090. The Morgan fingerprint density at radius 3 is 2.58 bits per heavy atom. The largest absolute Gasteiger partial charge is 0.324 e. The number of benzene rings is 2. The molecule has 4 rings (SSSR count). The summed E-state index contributed by atoms with van der Waals surface area (Å²) >= 11 is 1.16. The number of hydrogen-bond acceptors (Lipinski definition) is 5. The highest BCUT2D eigenvalue weighted by Crippen LogP contribution is 2.30. The molecule has 0 saturated carbocycles. The minimum Gasteiger partial charge on any atom is -0.324 e. The summed E-state index contributed by atoms with van der Waals surface area (Å²) in [6.07, 6.45) is 1.56. The highest BCUT2D eigenvalue weighted by molar-refractivity contribution is 7.13. The second kappa shape index (κ2) is 9.17. The molecule has 31 heavy (non-hydrogen) atoms. The minimum absolute atomic E-state index is 0.0648. The third-order valence-electron chi connectivity index (χ3n) is 4.91. The number of carbonyl (C=O) groups is 2. The number of nitrogens with one attached hydrogen (secondary N) is 2. The Morgan fingerprint density at radius 2 is 1.81 bits per heavy atom. The normalized spacial score (nSPS) is 16.1. The van der Waals surface area contributed by atoms with Crippen LogP contribution >= 0.6 is 11.3 Å². The number of amides is 3. The number of piperidine rings is 1. The van der Waals surface area contributed by atoms with Crippen molar-refractivity contribution >= 4 is 34.6 Å². The number of carbonyl (C=O) groups excluding carboxylic acids is 2. The van der Waals surface area contributed by atoms with Crippen LogP contribution in [0.1, 0.15) is 33.6 Å². The van der Waals surface area contributed by atoms with E-state index < -0.39 is 17.5 Å². The Kier molecular flexibility index (Phi) is 6.17. The topological polar surface area (TPSA) is 87.2 Å². The van der Waals surface area contributed by atoms with Gasteiger partial charge in [0, 0.05) is 24.7 Å². The molecule has 1 aliphatic rings. The van der Waals surface area contributed by atoms with Gasteiger partial charge in [0.05, 0.1) is 5.69 Å². The van der Waals surface area contributed by atoms with Crippen molar-refractivity contribution in [2.45, 2.75) is 18.8 Å². The fourth-order valence-corrected chi connectivity index (χ4v) is 4.19. The highest BCUT2D eigenvalue weighted by atomic mass is 32.1. The van der Waals surface area contributed by atoms with E-state index >= 15 is 0 Å². The van der Waals surface area contributed by atoms with E-state index in [2.05, 4.69) is 20.8 Å². The van der Waals surface area contributed by atoms with Crippen molar-refractivity contribution in [2.75, 3.05) is 23.7 Å². The molecule has 0 unspecified atom stereocenters. The van der Waals surface area contributed by atoms with Gasteiger partial charge in [-0.2, -0.15) is 0 Å². The van der Waals surface area contributed by atoms with Crippen LogP contribution in [-0.4, -0.2) is 40.1 Å². The lowest BCUT2D eigenvalue weighted by atomic mass is 9.99. The predicted octanol–water partition coefficient (Wildman–Crippen LogP) is 4.48. The van der Waals surface area contributed by atoms with Gasteiger partial charge in [0.2, 0.25) is 5.01 Å². The van der Waals surface area contributed by atoms with Gasteiger partial charge in [-0.05, 0) is 49.2 Å². The smallest absolute Gasteiger partial charge is 0.321 e. The molecule has 1 atom stereocenters. The van der Waals surface area contributed by atoms with Crippen LogP contribution in [0.2, 0.25) is 0 Å². The number of para-hydroxylation sites is 1. The van der Waals surface area contributed by atoms with E-state index in [9.17, 15) is 18.4 Å². The zero-order valence-corrected chi connectivity index (χ0v) is 17.2. The number of urea groups is 1. The number of aromatic nitrogens is 2. The predicted molar refractivity (Wildman–Crippen MR) is 113 cm³/mol. The standard InChI is InChI=1S/C21H19F2N5O2S/c22-14-7-9-15(10-8-14)24-18(29)20-27-26-19(31-20)13-4-3-11-28(12-13)21(30)25-17-6-2-1-5-16(17)23/h1-2,5-10,13H,3-4,11-12H2,(H,24,29)(H,25,30)/t13-/m1/s1. The molecule has 2 aromatic carbocycles. The third kappa shape index (κ3) is 5.02. The average molecular weight is 443 g/mol. The van der Waals surface area contributed by atoms with Crippen molar-refractivity contribution in [2.24, 2.45) is 0 Å². The van der Waals surface area contributed by atoms with Crippen LogP contribution in [0.3, 0.4) is 0 Å².